The van der Waals surface area contributed by atoms with Crippen LogP contribution in [0.25, 0.3) is 0 Å². The lowest BCUT2D eigenvalue weighted by Crippen LogP contribution is -2.56. The van der Waals surface area contributed by atoms with E-state index < -0.39 is 42.7 Å². The number of hydrogen-bond acceptors (Lipinski definition) is 2. The van der Waals surface area contributed by atoms with E-state index in [1.54, 1.807) is 0 Å². The molecule has 1 aliphatic carbocycles. The normalized spacial score (nSPS) is 22.7. The van der Waals surface area contributed by atoms with E-state index in [1.165, 1.54) is 13.8 Å². The van der Waals surface area contributed by atoms with Gasteiger partial charge in [-0.1, -0.05) is 0 Å². The van der Waals surface area contributed by atoms with Crippen LogP contribution in [0.1, 0.15) is 26.7 Å². The molecule has 15 heavy (non-hydrogen) atoms. The monoisotopic (exact) mass is 228 g/mol. The molecule has 0 amide bonds. The summed E-state index contributed by atoms with van der Waals surface area (Å²) in [6.45, 7) is 2.96. The fraction of sp³-hybridized carbons (Fsp3) is 0.889. The molecule has 0 aromatic heterocycles. The van der Waals surface area contributed by atoms with Crippen molar-refractivity contribution in [2.24, 2.45) is 5.41 Å². The van der Waals surface area contributed by atoms with Crippen molar-refractivity contribution >= 4 is 5.97 Å². The Morgan fingerprint density at radius 1 is 1.27 bits per heavy atom. The summed E-state index contributed by atoms with van der Waals surface area (Å²) in [4.78, 5) is 11.3. The summed E-state index contributed by atoms with van der Waals surface area (Å²) >= 11 is 0. The molecule has 88 valence electrons. The van der Waals surface area contributed by atoms with Gasteiger partial charge in [-0.2, -0.15) is 0 Å². The molecule has 1 aliphatic rings. The van der Waals surface area contributed by atoms with Gasteiger partial charge in [0.15, 0.2) is 0 Å². The van der Waals surface area contributed by atoms with Gasteiger partial charge >= 0.3 is 5.97 Å². The van der Waals surface area contributed by atoms with Crippen LogP contribution in [0.3, 0.4) is 0 Å². The third-order valence-electron chi connectivity index (χ3n) is 2.32. The number of ether oxygens (including phenoxy) is 1. The van der Waals surface area contributed by atoms with Gasteiger partial charge in [-0.05, 0) is 13.8 Å². The SMILES string of the molecule is CC(C)OC(=O)C1(C(F)F)CC(F)(F)C1. The number of halogens is 4. The maximum absolute atomic E-state index is 12.6. The molecule has 2 nitrogen and oxygen atoms in total. The van der Waals surface area contributed by atoms with E-state index >= 15 is 0 Å². The number of hydrogen-bond donors (Lipinski definition) is 0. The first kappa shape index (κ1) is 12.3. The third kappa shape index (κ3) is 2.23. The average molecular weight is 228 g/mol. The van der Waals surface area contributed by atoms with Crippen molar-refractivity contribution < 1.29 is 27.1 Å². The average Bonchev–Trinajstić information content (AvgIpc) is 1.96. The van der Waals surface area contributed by atoms with E-state index in [0.717, 1.165) is 0 Å². The Morgan fingerprint density at radius 3 is 2.00 bits per heavy atom. The number of carbonyl (C=O) groups is 1. The lowest BCUT2D eigenvalue weighted by Gasteiger charge is -2.44. The standard InChI is InChI=1S/C9H12F4O2/c1-5(2)15-7(14)8(6(10)11)3-9(12,13)4-8/h5-6H,3-4H2,1-2H3. The van der Waals surface area contributed by atoms with Crippen molar-refractivity contribution in [2.45, 2.75) is 45.1 Å². The second-order valence-corrected chi connectivity index (χ2v) is 4.12. The Morgan fingerprint density at radius 2 is 1.73 bits per heavy atom. The minimum absolute atomic E-state index is 0.581. The van der Waals surface area contributed by atoms with Crippen molar-refractivity contribution in [3.63, 3.8) is 0 Å². The molecule has 1 saturated carbocycles. The molecule has 0 saturated heterocycles. The van der Waals surface area contributed by atoms with E-state index in [9.17, 15) is 22.4 Å². The molecule has 0 unspecified atom stereocenters. The lowest BCUT2D eigenvalue weighted by atomic mass is 9.66. The first-order valence-electron chi connectivity index (χ1n) is 4.57. The molecule has 0 aromatic rings. The molecule has 0 bridgehead atoms. The molecule has 0 aliphatic heterocycles. The highest BCUT2D eigenvalue weighted by atomic mass is 19.3. The summed E-state index contributed by atoms with van der Waals surface area (Å²) in [7, 11) is 0. The van der Waals surface area contributed by atoms with Gasteiger partial charge in [-0.25, -0.2) is 17.6 Å². The fourth-order valence-corrected chi connectivity index (χ4v) is 1.59. The van der Waals surface area contributed by atoms with Crippen LogP contribution in [0.4, 0.5) is 17.6 Å². The quantitative estimate of drug-likeness (QED) is 0.548. The van der Waals surface area contributed by atoms with Gasteiger partial charge in [-0.15, -0.1) is 0 Å². The second-order valence-electron chi connectivity index (χ2n) is 4.12. The Hall–Kier alpha value is -0.810. The Kier molecular flexibility index (Phi) is 2.98. The summed E-state index contributed by atoms with van der Waals surface area (Å²) in [6, 6.07) is 0. The second kappa shape index (κ2) is 3.64. The van der Waals surface area contributed by atoms with Crippen LogP contribution >= 0.6 is 0 Å². The Balaban J connectivity index is 2.73. The zero-order chi connectivity index (χ0) is 11.9. The summed E-state index contributed by atoms with van der Waals surface area (Å²) < 4.78 is 54.8. The number of rotatable bonds is 3. The maximum Gasteiger partial charge on any atom is 0.318 e. The van der Waals surface area contributed by atoms with Gasteiger partial charge in [0, 0.05) is 12.8 Å². The zero-order valence-corrected chi connectivity index (χ0v) is 8.40. The van der Waals surface area contributed by atoms with E-state index in [2.05, 4.69) is 4.74 Å². The van der Waals surface area contributed by atoms with Gasteiger partial charge in [-0.3, -0.25) is 4.79 Å². The predicted molar refractivity (Wildman–Crippen MR) is 43.8 cm³/mol. The van der Waals surface area contributed by atoms with Crippen LogP contribution in [-0.4, -0.2) is 24.4 Å². The fourth-order valence-electron chi connectivity index (χ4n) is 1.59. The van der Waals surface area contributed by atoms with Gasteiger partial charge in [0.05, 0.1) is 6.10 Å². The number of esters is 1. The predicted octanol–water partition coefficient (Wildman–Crippen LogP) is 2.62. The molecule has 0 radical (unpaired) electrons. The molecular weight excluding hydrogens is 216 g/mol. The van der Waals surface area contributed by atoms with E-state index in [-0.39, 0.29) is 0 Å². The molecule has 0 heterocycles. The van der Waals surface area contributed by atoms with Crippen molar-refractivity contribution in [3.05, 3.63) is 0 Å². The zero-order valence-electron chi connectivity index (χ0n) is 8.40. The highest BCUT2D eigenvalue weighted by molar-refractivity contribution is 5.79. The molecule has 0 aromatic carbocycles. The molecule has 0 spiro atoms. The lowest BCUT2D eigenvalue weighted by molar-refractivity contribution is -0.230. The van der Waals surface area contributed by atoms with Crippen LogP contribution in [0.15, 0.2) is 0 Å². The van der Waals surface area contributed by atoms with E-state index in [4.69, 9.17) is 0 Å². The van der Waals surface area contributed by atoms with Gasteiger partial charge < -0.3 is 4.74 Å². The van der Waals surface area contributed by atoms with Crippen LogP contribution in [0, 0.1) is 5.41 Å². The molecule has 0 atom stereocenters. The molecule has 0 N–H and O–H groups in total. The minimum atomic E-state index is -3.17. The number of carbonyl (C=O) groups excluding carboxylic acids is 1. The summed E-state index contributed by atoms with van der Waals surface area (Å²) in [6.07, 6.45) is -5.93. The first-order chi connectivity index (χ1) is 6.69. The van der Waals surface area contributed by atoms with Crippen molar-refractivity contribution in [2.75, 3.05) is 0 Å². The smallest absolute Gasteiger partial charge is 0.318 e. The van der Waals surface area contributed by atoms with Gasteiger partial charge in [0.1, 0.15) is 5.41 Å². The summed E-state index contributed by atoms with van der Waals surface area (Å²) in [5.74, 6) is -4.40. The molecule has 6 heteroatoms. The molecule has 1 rings (SSSR count). The summed E-state index contributed by atoms with van der Waals surface area (Å²) in [5, 5.41) is 0. The van der Waals surface area contributed by atoms with Crippen LogP contribution in [-0.2, 0) is 9.53 Å². The largest absolute Gasteiger partial charge is 0.462 e. The number of alkyl halides is 4. The van der Waals surface area contributed by atoms with Gasteiger partial charge in [0.25, 0.3) is 12.3 Å². The minimum Gasteiger partial charge on any atom is -0.462 e. The van der Waals surface area contributed by atoms with Gasteiger partial charge in [0.2, 0.25) is 0 Å². The van der Waals surface area contributed by atoms with Crippen molar-refractivity contribution in [3.8, 4) is 0 Å². The van der Waals surface area contributed by atoms with Crippen molar-refractivity contribution in [1.82, 2.24) is 0 Å². The van der Waals surface area contributed by atoms with Crippen LogP contribution in [0.5, 0.6) is 0 Å². The van der Waals surface area contributed by atoms with Crippen molar-refractivity contribution in [1.29, 1.82) is 0 Å². The topological polar surface area (TPSA) is 26.3 Å². The molecule has 1 fully saturated rings. The van der Waals surface area contributed by atoms with E-state index in [1.807, 2.05) is 0 Å². The third-order valence-corrected chi connectivity index (χ3v) is 2.32. The highest BCUT2D eigenvalue weighted by Crippen LogP contribution is 2.56. The first-order valence-corrected chi connectivity index (χ1v) is 4.57. The maximum atomic E-state index is 12.6. The Labute approximate surface area is 84.6 Å². The van der Waals surface area contributed by atoms with Crippen LogP contribution < -0.4 is 0 Å². The highest BCUT2D eigenvalue weighted by Gasteiger charge is 2.67. The summed E-state index contributed by atoms with van der Waals surface area (Å²) in [5.41, 5.74) is -2.30. The van der Waals surface area contributed by atoms with Crippen LogP contribution in [0.2, 0.25) is 0 Å². The van der Waals surface area contributed by atoms with E-state index in [0.29, 0.717) is 0 Å². The Bertz CT molecular complexity index is 255. The molecular formula is C9H12F4O2.